The van der Waals surface area contributed by atoms with E-state index >= 15 is 0 Å². The molecule has 1 aliphatic rings. The smallest absolute Gasteiger partial charge is 0.326 e. The maximum atomic E-state index is 14.8. The van der Waals surface area contributed by atoms with Crippen molar-refractivity contribution < 1.29 is 31.9 Å². The third-order valence-electron chi connectivity index (χ3n) is 6.02. The number of hydrogen-bond acceptors (Lipinski definition) is 3. The van der Waals surface area contributed by atoms with Crippen LogP contribution in [0.15, 0.2) is 42.5 Å². The van der Waals surface area contributed by atoms with Gasteiger partial charge in [0.1, 0.15) is 15.8 Å². The summed E-state index contributed by atoms with van der Waals surface area (Å²) in [7, 11) is 0. The van der Waals surface area contributed by atoms with Gasteiger partial charge in [0.25, 0.3) is 5.91 Å². The SMILES string of the molecule is O=C(Nc1ccc(F)c(NC(=O)C(F)(F)Cl)c1F)c1cc(NC(=O)C2[C@H](c3cc(Cl)c(Cl)c(Cl)c3)C2(Cl)Cl)ccc1Cl. The number of rotatable bonds is 7. The van der Waals surface area contributed by atoms with Crippen LogP contribution in [0.4, 0.5) is 34.6 Å². The van der Waals surface area contributed by atoms with Crippen LogP contribution in [-0.2, 0) is 9.59 Å². The van der Waals surface area contributed by atoms with Gasteiger partial charge in [-0.2, -0.15) is 8.78 Å². The highest BCUT2D eigenvalue weighted by Crippen LogP contribution is 2.65. The normalized spacial score (nSPS) is 17.4. The van der Waals surface area contributed by atoms with Crippen LogP contribution in [0.25, 0.3) is 0 Å². The maximum Gasteiger partial charge on any atom is 0.400 e. The van der Waals surface area contributed by atoms with E-state index in [4.69, 9.17) is 69.6 Å². The molecule has 0 aromatic heterocycles. The molecule has 3 aromatic rings. The Balaban J connectivity index is 1.53. The molecule has 3 aromatic carbocycles. The molecule has 1 fully saturated rings. The van der Waals surface area contributed by atoms with Crippen molar-refractivity contribution >= 4 is 116 Å². The first-order valence-corrected chi connectivity index (χ1v) is 13.9. The number of hydrogen-bond donors (Lipinski definition) is 3. The molecule has 6 nitrogen and oxygen atoms in total. The number of anilines is 3. The summed E-state index contributed by atoms with van der Waals surface area (Å²) in [6.45, 7) is 0. The highest BCUT2D eigenvalue weighted by Gasteiger charge is 2.67. The van der Waals surface area contributed by atoms with Gasteiger partial charge in [-0.3, -0.25) is 14.4 Å². The van der Waals surface area contributed by atoms with Gasteiger partial charge in [0.15, 0.2) is 5.82 Å². The molecule has 1 unspecified atom stereocenters. The minimum absolute atomic E-state index is 0.0633. The lowest BCUT2D eigenvalue weighted by atomic mass is 10.1. The van der Waals surface area contributed by atoms with Crippen LogP contribution >= 0.6 is 81.2 Å². The van der Waals surface area contributed by atoms with Gasteiger partial charge in [0.2, 0.25) is 5.91 Å². The largest absolute Gasteiger partial charge is 0.400 e. The second kappa shape index (κ2) is 12.1. The first kappa shape index (κ1) is 32.7. The highest BCUT2D eigenvalue weighted by molar-refractivity contribution is 6.54. The zero-order chi connectivity index (χ0) is 31.3. The van der Waals surface area contributed by atoms with Gasteiger partial charge in [-0.15, -0.1) is 23.2 Å². The van der Waals surface area contributed by atoms with Crippen molar-refractivity contribution in [2.75, 3.05) is 16.0 Å². The lowest BCUT2D eigenvalue weighted by Gasteiger charge is -2.14. The molecule has 4 rings (SSSR count). The molecule has 2 atom stereocenters. The summed E-state index contributed by atoms with van der Waals surface area (Å²) in [6.07, 6.45) is 0. The number of nitrogens with one attached hydrogen (secondary N) is 3. The fraction of sp³-hybridized carbons (Fsp3) is 0.160. The number of benzene rings is 3. The van der Waals surface area contributed by atoms with Gasteiger partial charge in [-0.25, -0.2) is 8.78 Å². The van der Waals surface area contributed by atoms with E-state index in [1.165, 1.54) is 29.6 Å². The minimum atomic E-state index is -4.46. The predicted molar refractivity (Wildman–Crippen MR) is 156 cm³/mol. The average molecular weight is 727 g/mol. The Morgan fingerprint density at radius 3 is 2.05 bits per heavy atom. The molecule has 3 amide bonds. The van der Waals surface area contributed by atoms with Crippen LogP contribution in [0.5, 0.6) is 0 Å². The van der Waals surface area contributed by atoms with E-state index in [1.807, 2.05) is 0 Å². The van der Waals surface area contributed by atoms with Gasteiger partial charge in [-0.05, 0) is 59.6 Å². The summed E-state index contributed by atoms with van der Waals surface area (Å²) < 4.78 is 53.3. The quantitative estimate of drug-likeness (QED) is 0.129. The molecule has 17 heteroatoms. The number of carbonyl (C=O) groups excluding carboxylic acids is 3. The van der Waals surface area contributed by atoms with Gasteiger partial charge < -0.3 is 16.0 Å². The van der Waals surface area contributed by atoms with E-state index in [1.54, 1.807) is 0 Å². The van der Waals surface area contributed by atoms with Gasteiger partial charge >= 0.3 is 11.3 Å². The number of amides is 3. The molecule has 42 heavy (non-hydrogen) atoms. The molecule has 3 N–H and O–H groups in total. The lowest BCUT2D eigenvalue weighted by molar-refractivity contribution is -0.130. The van der Waals surface area contributed by atoms with Crippen LogP contribution in [-0.4, -0.2) is 27.4 Å². The van der Waals surface area contributed by atoms with Crippen molar-refractivity contribution in [2.24, 2.45) is 5.92 Å². The lowest BCUT2D eigenvalue weighted by Crippen LogP contribution is -2.30. The molecular weight excluding hydrogens is 714 g/mol. The Morgan fingerprint density at radius 1 is 0.833 bits per heavy atom. The Labute approximate surface area is 269 Å². The van der Waals surface area contributed by atoms with Crippen LogP contribution in [0, 0.1) is 17.6 Å². The Bertz CT molecular complexity index is 1610. The van der Waals surface area contributed by atoms with Crippen molar-refractivity contribution in [3.63, 3.8) is 0 Å². The van der Waals surface area contributed by atoms with Crippen LogP contribution < -0.4 is 16.0 Å². The average Bonchev–Trinajstić information content (AvgIpc) is 3.48. The van der Waals surface area contributed by atoms with Gasteiger partial charge in [0.05, 0.1) is 37.3 Å². The van der Waals surface area contributed by atoms with E-state index < -0.39 is 62.3 Å². The fourth-order valence-electron chi connectivity index (χ4n) is 3.96. The summed E-state index contributed by atoms with van der Waals surface area (Å²) in [4.78, 5) is 37.4. The van der Waals surface area contributed by atoms with E-state index in [0.717, 1.165) is 12.1 Å². The second-order valence-corrected chi connectivity index (χ2v) is 12.3. The summed E-state index contributed by atoms with van der Waals surface area (Å²) >= 11 is 41.6. The predicted octanol–water partition coefficient (Wildman–Crippen LogP) is 9.13. The first-order chi connectivity index (χ1) is 19.4. The third-order valence-corrected chi connectivity index (χ3v) is 8.65. The van der Waals surface area contributed by atoms with Gasteiger partial charge in [0, 0.05) is 11.6 Å². The molecule has 0 heterocycles. The van der Waals surface area contributed by atoms with E-state index in [0.29, 0.717) is 11.6 Å². The standard InChI is InChI=1S/C25H12Cl7F4N3O3/c26-11-2-1-9(37-22(41)17-16(24(17,30)31)8-5-12(27)18(29)13(28)6-8)7-10(11)21(40)38-15-4-3-14(33)20(19(15)34)39-23(42)25(32,35)36/h1-7,16-17H,(H,37,41)(H,38,40)(H,39,42)/t16-,17?/m0/s1. The summed E-state index contributed by atoms with van der Waals surface area (Å²) in [6, 6.07) is 8.09. The molecular formula is C25H12Cl7F4N3O3. The molecule has 0 aliphatic heterocycles. The highest BCUT2D eigenvalue weighted by atomic mass is 35.5. The topological polar surface area (TPSA) is 87.3 Å². The van der Waals surface area contributed by atoms with Crippen LogP contribution in [0.3, 0.4) is 0 Å². The molecule has 0 bridgehead atoms. The Hall–Kier alpha value is -2.18. The zero-order valence-electron chi connectivity index (χ0n) is 20.1. The number of halogens is 11. The molecule has 0 radical (unpaired) electrons. The second-order valence-electron chi connectivity index (χ2n) is 8.80. The van der Waals surface area contributed by atoms with Crippen molar-refractivity contribution in [3.8, 4) is 0 Å². The zero-order valence-corrected chi connectivity index (χ0v) is 25.4. The molecule has 222 valence electrons. The van der Waals surface area contributed by atoms with Crippen LogP contribution in [0.2, 0.25) is 20.1 Å². The summed E-state index contributed by atoms with van der Waals surface area (Å²) in [5, 5.41) is 1.75. The third kappa shape index (κ3) is 6.65. The fourth-order valence-corrected chi connectivity index (χ4v) is 5.65. The van der Waals surface area contributed by atoms with E-state index in [2.05, 4.69) is 22.2 Å². The van der Waals surface area contributed by atoms with Crippen molar-refractivity contribution in [3.05, 3.63) is 85.3 Å². The van der Waals surface area contributed by atoms with Crippen LogP contribution in [0.1, 0.15) is 21.8 Å². The number of alkyl halides is 5. The molecule has 1 saturated carbocycles. The first-order valence-electron chi connectivity index (χ1n) is 11.2. The summed E-state index contributed by atoms with van der Waals surface area (Å²) in [5.74, 6) is -8.56. The van der Waals surface area contributed by atoms with Gasteiger partial charge in [-0.1, -0.05) is 46.4 Å². The van der Waals surface area contributed by atoms with E-state index in [-0.39, 0.29) is 31.3 Å². The van der Waals surface area contributed by atoms with Crippen molar-refractivity contribution in [2.45, 2.75) is 15.6 Å². The Kier molecular flexibility index (Phi) is 9.41. The summed E-state index contributed by atoms with van der Waals surface area (Å²) in [5.41, 5.74) is -1.73. The van der Waals surface area contributed by atoms with E-state index in [9.17, 15) is 31.9 Å². The monoisotopic (exact) mass is 723 g/mol. The molecule has 0 saturated heterocycles. The Morgan fingerprint density at radius 2 is 1.45 bits per heavy atom. The van der Waals surface area contributed by atoms with Crippen molar-refractivity contribution in [1.29, 1.82) is 0 Å². The minimum Gasteiger partial charge on any atom is -0.326 e. The number of carbonyl (C=O) groups is 3. The van der Waals surface area contributed by atoms with Crippen molar-refractivity contribution in [1.82, 2.24) is 0 Å². The molecule has 1 aliphatic carbocycles. The molecule has 0 spiro atoms. The maximum absolute atomic E-state index is 14.8.